The molecule has 0 amide bonds. The first-order valence-electron chi connectivity index (χ1n) is 9.21. The van der Waals surface area contributed by atoms with Crippen LogP contribution in [0.4, 0.5) is 5.95 Å². The lowest BCUT2D eigenvalue weighted by Gasteiger charge is -2.37. The van der Waals surface area contributed by atoms with E-state index in [2.05, 4.69) is 26.2 Å². The molecule has 9 heteroatoms. The molecule has 3 N–H and O–H groups in total. The number of aromatic nitrogens is 4. The number of halogens is 2. The summed E-state index contributed by atoms with van der Waals surface area (Å²) in [5, 5.41) is 18.4. The number of fused-ring (bicyclic) bond motifs is 3. The van der Waals surface area contributed by atoms with Crippen molar-refractivity contribution in [2.45, 2.75) is 43.8 Å². The molecule has 7 nitrogen and oxygen atoms in total. The Kier molecular flexibility index (Phi) is 4.16. The maximum atomic E-state index is 9.78. The highest BCUT2D eigenvalue weighted by atomic mass is 35.5. The minimum atomic E-state index is 0.219. The van der Waals surface area contributed by atoms with Crippen molar-refractivity contribution in [3.8, 4) is 17.3 Å². The summed E-state index contributed by atoms with van der Waals surface area (Å²) >= 11 is 12.5. The number of nitrogens with zero attached hydrogens (tertiary/aromatic N) is 5. The number of nitrogens with one attached hydrogen (secondary N) is 1. The summed E-state index contributed by atoms with van der Waals surface area (Å²) in [6, 6.07) is 8.37. The summed E-state index contributed by atoms with van der Waals surface area (Å²) in [6.45, 7) is 0. The topological polar surface area (TPSA) is 108 Å². The maximum Gasteiger partial charge on any atom is 0.229 e. The van der Waals surface area contributed by atoms with E-state index in [-0.39, 0.29) is 11.7 Å². The van der Waals surface area contributed by atoms with E-state index in [4.69, 9.17) is 33.9 Å². The summed E-state index contributed by atoms with van der Waals surface area (Å²) in [5.74, 6) is 0.566. The molecular weight excluding hydrogens is 397 g/mol. The number of rotatable bonds is 2. The van der Waals surface area contributed by atoms with Gasteiger partial charge in [0.1, 0.15) is 11.8 Å². The Balaban J connectivity index is 1.65. The summed E-state index contributed by atoms with van der Waals surface area (Å²) < 4.78 is 0. The van der Waals surface area contributed by atoms with Crippen LogP contribution in [-0.2, 0) is 0 Å². The molecule has 2 fully saturated rings. The van der Waals surface area contributed by atoms with E-state index in [0.717, 1.165) is 25.7 Å². The lowest BCUT2D eigenvalue weighted by atomic mass is 9.99. The van der Waals surface area contributed by atoms with E-state index >= 15 is 0 Å². The molecule has 5 rings (SSSR count). The van der Waals surface area contributed by atoms with Crippen molar-refractivity contribution >= 4 is 40.2 Å². The lowest BCUT2D eigenvalue weighted by molar-refractivity contribution is 0.409. The number of nitrogens with two attached hydrogens (primary N) is 1. The third kappa shape index (κ3) is 2.64. The SMILES string of the molecule is N#Cc1nc(N2[C@@H]3CC[C@H]2C[C@H](N)C3)nc2[nH]nc(-c3cccc(Cl)c3Cl)c12. The second-order valence-corrected chi connectivity index (χ2v) is 8.19. The Labute approximate surface area is 171 Å². The van der Waals surface area contributed by atoms with Crippen LogP contribution in [0.3, 0.4) is 0 Å². The van der Waals surface area contributed by atoms with Crippen LogP contribution < -0.4 is 10.6 Å². The average Bonchev–Trinajstić information content (AvgIpc) is 3.22. The first kappa shape index (κ1) is 17.7. The molecule has 3 atom stereocenters. The number of piperidine rings is 1. The van der Waals surface area contributed by atoms with Gasteiger partial charge < -0.3 is 10.6 Å². The number of anilines is 1. The van der Waals surface area contributed by atoms with Crippen LogP contribution in [0.5, 0.6) is 0 Å². The number of hydrogen-bond donors (Lipinski definition) is 2. The number of benzene rings is 1. The zero-order valence-electron chi connectivity index (χ0n) is 14.9. The quantitative estimate of drug-likeness (QED) is 0.663. The van der Waals surface area contributed by atoms with Gasteiger partial charge in [0.25, 0.3) is 0 Å². The van der Waals surface area contributed by atoms with E-state index < -0.39 is 0 Å². The van der Waals surface area contributed by atoms with Crippen LogP contribution >= 0.6 is 23.2 Å². The highest BCUT2D eigenvalue weighted by Gasteiger charge is 2.41. The van der Waals surface area contributed by atoms with Gasteiger partial charge in [0, 0.05) is 23.7 Å². The predicted octanol–water partition coefficient (Wildman–Crippen LogP) is 3.66. The van der Waals surface area contributed by atoms with Gasteiger partial charge in [-0.1, -0.05) is 35.3 Å². The largest absolute Gasteiger partial charge is 0.335 e. The molecule has 28 heavy (non-hydrogen) atoms. The van der Waals surface area contributed by atoms with Gasteiger partial charge >= 0.3 is 0 Å². The van der Waals surface area contributed by atoms with Crippen molar-refractivity contribution in [3.63, 3.8) is 0 Å². The van der Waals surface area contributed by atoms with Crippen molar-refractivity contribution in [2.75, 3.05) is 4.90 Å². The van der Waals surface area contributed by atoms with Gasteiger partial charge in [-0.2, -0.15) is 15.3 Å². The molecule has 4 heterocycles. The number of H-pyrrole nitrogens is 1. The molecule has 0 aliphatic carbocycles. The third-order valence-corrected chi connectivity index (χ3v) is 6.54. The molecule has 1 aromatic carbocycles. The van der Waals surface area contributed by atoms with Crippen molar-refractivity contribution in [1.29, 1.82) is 5.26 Å². The fourth-order valence-electron chi connectivity index (χ4n) is 4.54. The molecule has 142 valence electrons. The first-order valence-corrected chi connectivity index (χ1v) is 9.97. The van der Waals surface area contributed by atoms with E-state index in [1.807, 2.05) is 6.07 Å². The summed E-state index contributed by atoms with van der Waals surface area (Å²) in [6.07, 6.45) is 4.00. The van der Waals surface area contributed by atoms with Crippen LogP contribution in [0.1, 0.15) is 31.4 Å². The second-order valence-electron chi connectivity index (χ2n) is 7.40. The molecule has 2 aliphatic heterocycles. The monoisotopic (exact) mass is 413 g/mol. The fraction of sp³-hybridized carbons (Fsp3) is 0.368. The molecule has 2 bridgehead atoms. The number of aromatic amines is 1. The van der Waals surface area contributed by atoms with E-state index in [1.165, 1.54) is 0 Å². The van der Waals surface area contributed by atoms with E-state index in [9.17, 15) is 5.26 Å². The van der Waals surface area contributed by atoms with Crippen molar-refractivity contribution in [3.05, 3.63) is 33.9 Å². The normalized spacial score (nSPS) is 23.9. The zero-order valence-corrected chi connectivity index (χ0v) is 16.4. The molecule has 2 aromatic heterocycles. The Morgan fingerprint density at radius 1 is 1.18 bits per heavy atom. The van der Waals surface area contributed by atoms with Gasteiger partial charge in [-0.15, -0.1) is 0 Å². The minimum Gasteiger partial charge on any atom is -0.335 e. The Hall–Kier alpha value is -2.40. The van der Waals surface area contributed by atoms with E-state index in [1.54, 1.807) is 12.1 Å². The molecule has 0 spiro atoms. The molecule has 2 aliphatic rings. The molecule has 0 unspecified atom stereocenters. The lowest BCUT2D eigenvalue weighted by Crippen LogP contribution is -2.48. The van der Waals surface area contributed by atoms with Crippen LogP contribution in [0.2, 0.25) is 10.0 Å². The summed E-state index contributed by atoms with van der Waals surface area (Å²) in [4.78, 5) is 11.5. The number of nitriles is 1. The van der Waals surface area contributed by atoms with Gasteiger partial charge in [-0.05, 0) is 31.7 Å². The fourth-order valence-corrected chi connectivity index (χ4v) is 4.93. The average molecular weight is 414 g/mol. The zero-order chi connectivity index (χ0) is 19.4. The summed E-state index contributed by atoms with van der Waals surface area (Å²) in [5.41, 5.74) is 8.12. The Morgan fingerprint density at radius 2 is 1.93 bits per heavy atom. The molecule has 0 saturated carbocycles. The Morgan fingerprint density at radius 3 is 2.64 bits per heavy atom. The molecule has 0 radical (unpaired) electrons. The van der Waals surface area contributed by atoms with Crippen molar-refractivity contribution in [2.24, 2.45) is 5.73 Å². The second kappa shape index (κ2) is 6.59. The molecule has 2 saturated heterocycles. The van der Waals surface area contributed by atoms with E-state index in [0.29, 0.717) is 50.4 Å². The maximum absolute atomic E-state index is 9.78. The van der Waals surface area contributed by atoms with Crippen molar-refractivity contribution < 1.29 is 0 Å². The molecule has 3 aromatic rings. The molecular formula is C19H17Cl2N7. The van der Waals surface area contributed by atoms with Gasteiger partial charge in [0.15, 0.2) is 11.3 Å². The van der Waals surface area contributed by atoms with Gasteiger partial charge in [-0.3, -0.25) is 5.10 Å². The van der Waals surface area contributed by atoms with Crippen LogP contribution in [-0.4, -0.2) is 38.3 Å². The third-order valence-electron chi connectivity index (χ3n) is 5.72. The van der Waals surface area contributed by atoms with Crippen LogP contribution in [0, 0.1) is 11.3 Å². The Bertz CT molecular complexity index is 1110. The van der Waals surface area contributed by atoms with Crippen LogP contribution in [0.25, 0.3) is 22.3 Å². The van der Waals surface area contributed by atoms with Crippen molar-refractivity contribution in [1.82, 2.24) is 20.2 Å². The van der Waals surface area contributed by atoms with Gasteiger partial charge in [-0.25, -0.2) is 4.98 Å². The highest BCUT2D eigenvalue weighted by molar-refractivity contribution is 6.43. The van der Waals surface area contributed by atoms with Gasteiger partial charge in [0.05, 0.1) is 15.4 Å². The summed E-state index contributed by atoms with van der Waals surface area (Å²) in [7, 11) is 0. The predicted molar refractivity (Wildman–Crippen MR) is 108 cm³/mol. The van der Waals surface area contributed by atoms with Crippen LogP contribution in [0.15, 0.2) is 18.2 Å². The smallest absolute Gasteiger partial charge is 0.229 e. The first-order chi connectivity index (χ1) is 13.6. The number of hydrogen-bond acceptors (Lipinski definition) is 6. The minimum absolute atomic E-state index is 0.219. The van der Waals surface area contributed by atoms with Gasteiger partial charge in [0.2, 0.25) is 5.95 Å². The highest BCUT2D eigenvalue weighted by Crippen LogP contribution is 2.40. The standard InChI is InChI=1S/C19H17Cl2N7/c20-13-3-1-2-12(16(13)21)17-15-14(8-22)24-19(25-18(15)27-26-17)28-10-4-5-11(28)7-9(23)6-10/h1-3,9-11H,4-7,23H2,(H,24,25,26,27)/t9-,10-,11+.